The fourth-order valence-corrected chi connectivity index (χ4v) is 1.77. The van der Waals surface area contributed by atoms with Gasteiger partial charge in [-0.25, -0.2) is 0 Å². The van der Waals surface area contributed by atoms with Crippen molar-refractivity contribution in [2.45, 2.75) is 20.0 Å². The van der Waals surface area contributed by atoms with Crippen LogP contribution in [0.2, 0.25) is 0 Å². The molecular weight excluding hydrogens is 248 g/mol. The van der Waals surface area contributed by atoms with E-state index in [9.17, 15) is 4.79 Å². The smallest absolute Gasteiger partial charge is 0.273 e. The van der Waals surface area contributed by atoms with Crippen molar-refractivity contribution in [3.05, 3.63) is 35.5 Å². The highest BCUT2D eigenvalue weighted by Gasteiger charge is 2.19. The lowest BCUT2D eigenvalue weighted by Gasteiger charge is -2.09. The van der Waals surface area contributed by atoms with Crippen LogP contribution in [0.25, 0.3) is 6.08 Å². The molecule has 1 aliphatic heterocycles. The van der Waals surface area contributed by atoms with Crippen LogP contribution in [0.1, 0.15) is 19.4 Å². The van der Waals surface area contributed by atoms with Crippen molar-refractivity contribution in [2.24, 2.45) is 0 Å². The molecule has 1 fully saturated rings. The van der Waals surface area contributed by atoms with E-state index in [4.69, 9.17) is 17.0 Å². The van der Waals surface area contributed by atoms with Gasteiger partial charge in [-0.3, -0.25) is 10.1 Å². The van der Waals surface area contributed by atoms with E-state index in [1.807, 2.05) is 38.1 Å². The predicted molar refractivity (Wildman–Crippen MR) is 74.1 cm³/mol. The Kier molecular flexibility index (Phi) is 3.62. The monoisotopic (exact) mass is 262 g/mol. The highest BCUT2D eigenvalue weighted by molar-refractivity contribution is 7.80. The Morgan fingerprint density at radius 2 is 1.89 bits per heavy atom. The number of hydrogen-bond acceptors (Lipinski definition) is 3. The van der Waals surface area contributed by atoms with Crippen molar-refractivity contribution in [3.8, 4) is 5.75 Å². The predicted octanol–water partition coefficient (Wildman–Crippen LogP) is 1.82. The first-order valence-corrected chi connectivity index (χ1v) is 6.06. The van der Waals surface area contributed by atoms with E-state index in [1.54, 1.807) is 6.08 Å². The van der Waals surface area contributed by atoms with Gasteiger partial charge in [-0.1, -0.05) is 12.1 Å². The maximum Gasteiger partial charge on any atom is 0.273 e. The number of benzene rings is 1. The summed E-state index contributed by atoms with van der Waals surface area (Å²) in [5.74, 6) is 0.606. The van der Waals surface area contributed by atoms with Gasteiger partial charge >= 0.3 is 0 Å². The van der Waals surface area contributed by atoms with Gasteiger partial charge in [0.1, 0.15) is 11.4 Å². The summed E-state index contributed by atoms with van der Waals surface area (Å²) >= 11 is 4.85. The lowest BCUT2D eigenvalue weighted by Crippen LogP contribution is -2.21. The Labute approximate surface area is 111 Å². The fourth-order valence-electron chi connectivity index (χ4n) is 1.56. The summed E-state index contributed by atoms with van der Waals surface area (Å²) in [5, 5.41) is 5.65. The Morgan fingerprint density at radius 1 is 1.22 bits per heavy atom. The minimum atomic E-state index is -0.206. The van der Waals surface area contributed by atoms with Crippen molar-refractivity contribution in [1.82, 2.24) is 10.6 Å². The van der Waals surface area contributed by atoms with E-state index in [0.29, 0.717) is 10.8 Å². The molecule has 1 heterocycles. The number of nitrogens with one attached hydrogen (secondary N) is 2. The van der Waals surface area contributed by atoms with E-state index < -0.39 is 0 Å². The summed E-state index contributed by atoms with van der Waals surface area (Å²) in [5.41, 5.74) is 1.37. The minimum Gasteiger partial charge on any atom is -0.491 e. The number of carbonyl (C=O) groups is 1. The number of thiocarbonyl (C=S) groups is 1. The van der Waals surface area contributed by atoms with Crippen LogP contribution in [0, 0.1) is 0 Å². The first kappa shape index (κ1) is 12.6. The Hall–Kier alpha value is -1.88. The molecule has 2 N–H and O–H groups in total. The number of hydrogen-bond donors (Lipinski definition) is 2. The topological polar surface area (TPSA) is 50.4 Å². The second-order valence-electron chi connectivity index (χ2n) is 4.20. The van der Waals surface area contributed by atoms with Gasteiger partial charge < -0.3 is 10.1 Å². The van der Waals surface area contributed by atoms with E-state index in [2.05, 4.69) is 10.6 Å². The molecule has 18 heavy (non-hydrogen) atoms. The van der Waals surface area contributed by atoms with Crippen molar-refractivity contribution in [3.63, 3.8) is 0 Å². The van der Waals surface area contributed by atoms with Gasteiger partial charge in [0.25, 0.3) is 5.91 Å². The number of rotatable bonds is 3. The molecule has 0 atom stereocenters. The van der Waals surface area contributed by atoms with Crippen molar-refractivity contribution < 1.29 is 9.53 Å². The highest BCUT2D eigenvalue weighted by atomic mass is 32.1. The zero-order valence-electron chi connectivity index (χ0n) is 10.2. The third-order valence-corrected chi connectivity index (χ3v) is 2.49. The largest absolute Gasteiger partial charge is 0.491 e. The quantitative estimate of drug-likeness (QED) is 0.644. The molecule has 2 rings (SSSR count). The molecule has 0 aliphatic carbocycles. The molecule has 1 aromatic rings. The lowest BCUT2D eigenvalue weighted by atomic mass is 10.2. The molecule has 1 amide bonds. The maximum absolute atomic E-state index is 11.4. The zero-order chi connectivity index (χ0) is 13.1. The van der Waals surface area contributed by atoms with Gasteiger partial charge in [-0.2, -0.15) is 0 Å². The van der Waals surface area contributed by atoms with Gasteiger partial charge in [-0.15, -0.1) is 0 Å². The van der Waals surface area contributed by atoms with Crippen LogP contribution < -0.4 is 15.4 Å². The average Bonchev–Trinajstić information content (AvgIpc) is 2.59. The van der Waals surface area contributed by atoms with E-state index in [1.165, 1.54) is 0 Å². The zero-order valence-corrected chi connectivity index (χ0v) is 11.0. The summed E-state index contributed by atoms with van der Waals surface area (Å²) < 4.78 is 5.54. The molecule has 1 aromatic carbocycles. The molecule has 5 heteroatoms. The molecule has 1 aliphatic rings. The van der Waals surface area contributed by atoms with Crippen LogP contribution >= 0.6 is 12.2 Å². The molecule has 0 unspecified atom stereocenters. The number of ether oxygens (including phenoxy) is 1. The minimum absolute atomic E-state index is 0.147. The lowest BCUT2D eigenvalue weighted by molar-refractivity contribution is -0.115. The van der Waals surface area contributed by atoms with Crippen LogP contribution in [0.5, 0.6) is 5.75 Å². The molecule has 1 saturated heterocycles. The molecule has 0 saturated carbocycles. The van der Waals surface area contributed by atoms with Crippen molar-refractivity contribution >= 4 is 29.3 Å². The van der Waals surface area contributed by atoms with Gasteiger partial charge in [0.05, 0.1) is 6.10 Å². The molecular formula is C13H14N2O2S. The SMILES string of the molecule is CC(C)Oc1ccc(/C=C2\NC(=S)NC2=O)cc1. The third-order valence-electron chi connectivity index (χ3n) is 2.28. The molecule has 0 radical (unpaired) electrons. The number of carbonyl (C=O) groups excluding carboxylic acids is 1. The standard InChI is InChI=1S/C13H14N2O2S/c1-8(2)17-10-5-3-9(4-6-10)7-11-12(16)15-13(18)14-11/h3-8H,1-2H3,(H2,14,15,16,18)/b11-7-. The maximum atomic E-state index is 11.4. The first-order chi connectivity index (χ1) is 8.54. The Bertz CT molecular complexity index is 506. The van der Waals surface area contributed by atoms with Gasteiger partial charge in [-0.05, 0) is 49.8 Å². The first-order valence-electron chi connectivity index (χ1n) is 5.65. The Balaban J connectivity index is 2.13. The van der Waals surface area contributed by atoms with Crippen LogP contribution in [-0.2, 0) is 4.79 Å². The van der Waals surface area contributed by atoms with Gasteiger partial charge in [0.2, 0.25) is 0 Å². The Morgan fingerprint density at radius 3 is 2.39 bits per heavy atom. The average molecular weight is 262 g/mol. The van der Waals surface area contributed by atoms with Crippen LogP contribution in [-0.4, -0.2) is 17.1 Å². The van der Waals surface area contributed by atoms with Crippen LogP contribution in [0.4, 0.5) is 0 Å². The third kappa shape index (κ3) is 3.07. The normalized spacial score (nSPS) is 16.9. The fraction of sp³-hybridized carbons (Fsp3) is 0.231. The second kappa shape index (κ2) is 5.18. The second-order valence-corrected chi connectivity index (χ2v) is 4.61. The molecule has 94 valence electrons. The summed E-state index contributed by atoms with van der Waals surface area (Å²) in [4.78, 5) is 11.4. The van der Waals surface area contributed by atoms with Gasteiger partial charge in [0.15, 0.2) is 5.11 Å². The molecule has 0 aromatic heterocycles. The van der Waals surface area contributed by atoms with E-state index >= 15 is 0 Å². The highest BCUT2D eigenvalue weighted by Crippen LogP contribution is 2.16. The van der Waals surface area contributed by atoms with Crippen LogP contribution in [0.15, 0.2) is 30.0 Å². The summed E-state index contributed by atoms with van der Waals surface area (Å²) in [6.45, 7) is 3.95. The van der Waals surface area contributed by atoms with Crippen LogP contribution in [0.3, 0.4) is 0 Å². The van der Waals surface area contributed by atoms with E-state index in [0.717, 1.165) is 11.3 Å². The molecule has 0 bridgehead atoms. The molecule has 0 spiro atoms. The van der Waals surface area contributed by atoms with Crippen molar-refractivity contribution in [1.29, 1.82) is 0 Å². The molecule has 4 nitrogen and oxygen atoms in total. The number of amides is 1. The summed E-state index contributed by atoms with van der Waals surface area (Å²) in [6.07, 6.45) is 1.89. The summed E-state index contributed by atoms with van der Waals surface area (Å²) in [6, 6.07) is 7.53. The van der Waals surface area contributed by atoms with Crippen molar-refractivity contribution in [2.75, 3.05) is 0 Å². The van der Waals surface area contributed by atoms with Gasteiger partial charge in [0, 0.05) is 0 Å². The van der Waals surface area contributed by atoms with E-state index in [-0.39, 0.29) is 12.0 Å². The summed E-state index contributed by atoms with van der Waals surface area (Å²) in [7, 11) is 0.